The van der Waals surface area contributed by atoms with Crippen LogP contribution in [0.3, 0.4) is 0 Å². The van der Waals surface area contributed by atoms with Gasteiger partial charge in [-0.05, 0) is 55.9 Å². The highest BCUT2D eigenvalue weighted by Gasteiger charge is 2.25. The van der Waals surface area contributed by atoms with E-state index < -0.39 is 12.6 Å². The van der Waals surface area contributed by atoms with Gasteiger partial charge in [-0.2, -0.15) is 13.2 Å². The van der Waals surface area contributed by atoms with Crippen molar-refractivity contribution in [2.75, 3.05) is 0 Å². The molecule has 0 amide bonds. The number of carbonyl (C=O) groups excluding carboxylic acids is 1. The van der Waals surface area contributed by atoms with Crippen LogP contribution in [0.1, 0.15) is 96.8 Å². The van der Waals surface area contributed by atoms with Crippen molar-refractivity contribution in [3.05, 3.63) is 76.4 Å². The molecule has 0 aliphatic heterocycles. The van der Waals surface area contributed by atoms with E-state index >= 15 is 0 Å². The van der Waals surface area contributed by atoms with Crippen LogP contribution in [0.15, 0.2) is 48.5 Å². The van der Waals surface area contributed by atoms with Gasteiger partial charge in [0.25, 0.3) is 0 Å². The molecule has 0 N–H and O–H groups in total. The maximum Gasteiger partial charge on any atom is 0.389 e. The van der Waals surface area contributed by atoms with Crippen molar-refractivity contribution in [2.45, 2.75) is 90.7 Å². The summed E-state index contributed by atoms with van der Waals surface area (Å²) in [4.78, 5) is 12.6. The SMILES string of the molecule is Cc1ccc(C(=O)C=Cc2ccccc2CCCCCCCCCCCC(F)(F)F)c(C)c1. The summed E-state index contributed by atoms with van der Waals surface area (Å²) in [5.41, 5.74) is 5.24. The molecule has 0 aliphatic rings. The summed E-state index contributed by atoms with van der Waals surface area (Å²) in [7, 11) is 0. The smallest absolute Gasteiger partial charge is 0.289 e. The van der Waals surface area contributed by atoms with Gasteiger partial charge < -0.3 is 0 Å². The Morgan fingerprint density at radius 1 is 0.818 bits per heavy atom. The van der Waals surface area contributed by atoms with E-state index in [2.05, 4.69) is 12.1 Å². The van der Waals surface area contributed by atoms with Crippen LogP contribution in [-0.4, -0.2) is 12.0 Å². The zero-order valence-electron chi connectivity index (χ0n) is 20.0. The molecule has 0 fully saturated rings. The number of alkyl halides is 3. The van der Waals surface area contributed by atoms with E-state index in [1.807, 2.05) is 50.3 Å². The second-order valence-electron chi connectivity index (χ2n) is 9.01. The van der Waals surface area contributed by atoms with E-state index in [4.69, 9.17) is 0 Å². The van der Waals surface area contributed by atoms with E-state index in [0.717, 1.165) is 73.6 Å². The number of aryl methyl sites for hydroxylation is 3. The monoisotopic (exact) mass is 458 g/mol. The van der Waals surface area contributed by atoms with Gasteiger partial charge in [-0.25, -0.2) is 0 Å². The summed E-state index contributed by atoms with van der Waals surface area (Å²) >= 11 is 0. The van der Waals surface area contributed by atoms with Gasteiger partial charge >= 0.3 is 6.18 Å². The molecule has 0 aliphatic carbocycles. The number of ketones is 1. The Bertz CT molecular complexity index is 896. The highest BCUT2D eigenvalue weighted by atomic mass is 19.4. The molecule has 1 nitrogen and oxygen atoms in total. The van der Waals surface area contributed by atoms with Gasteiger partial charge in [-0.15, -0.1) is 0 Å². The van der Waals surface area contributed by atoms with E-state index in [1.54, 1.807) is 6.08 Å². The Labute approximate surface area is 197 Å². The van der Waals surface area contributed by atoms with Crippen LogP contribution >= 0.6 is 0 Å². The number of benzene rings is 2. The zero-order chi connectivity index (χ0) is 24.1. The lowest BCUT2D eigenvalue weighted by atomic mass is 9.98. The van der Waals surface area contributed by atoms with Crippen molar-refractivity contribution >= 4 is 11.9 Å². The fraction of sp³-hybridized carbons (Fsp3) is 0.483. The van der Waals surface area contributed by atoms with Crippen molar-refractivity contribution in [3.8, 4) is 0 Å². The van der Waals surface area contributed by atoms with Crippen LogP contribution in [0.25, 0.3) is 6.08 Å². The highest BCUT2D eigenvalue weighted by molar-refractivity contribution is 6.07. The lowest BCUT2D eigenvalue weighted by molar-refractivity contribution is -0.135. The van der Waals surface area contributed by atoms with Gasteiger partial charge in [-0.1, -0.05) is 99.0 Å². The number of carbonyl (C=O) groups is 1. The minimum atomic E-state index is -4.01. The topological polar surface area (TPSA) is 17.1 Å². The number of hydrogen-bond donors (Lipinski definition) is 0. The second-order valence-corrected chi connectivity index (χ2v) is 9.01. The van der Waals surface area contributed by atoms with Gasteiger partial charge in [0.15, 0.2) is 5.78 Å². The fourth-order valence-electron chi connectivity index (χ4n) is 4.15. The van der Waals surface area contributed by atoms with Crippen LogP contribution < -0.4 is 0 Å². The molecule has 0 aromatic heterocycles. The minimum absolute atomic E-state index is 0.0284. The van der Waals surface area contributed by atoms with Crippen molar-refractivity contribution in [1.29, 1.82) is 0 Å². The summed E-state index contributed by atoms with van der Waals surface area (Å²) < 4.78 is 36.3. The van der Waals surface area contributed by atoms with Gasteiger partial charge in [0, 0.05) is 12.0 Å². The van der Waals surface area contributed by atoms with Crippen LogP contribution in [0.4, 0.5) is 13.2 Å². The molecule has 0 radical (unpaired) electrons. The van der Waals surface area contributed by atoms with Gasteiger partial charge in [-0.3, -0.25) is 4.79 Å². The first-order valence-electron chi connectivity index (χ1n) is 12.2. The third-order valence-electron chi connectivity index (χ3n) is 6.02. The fourth-order valence-corrected chi connectivity index (χ4v) is 4.15. The first kappa shape index (κ1) is 26.9. The normalized spacial score (nSPS) is 11.9. The molecule has 0 spiro atoms. The Balaban J connectivity index is 1.68. The molecule has 0 atom stereocenters. The lowest BCUT2D eigenvalue weighted by Gasteiger charge is -2.07. The third kappa shape index (κ3) is 10.9. The molecule has 33 heavy (non-hydrogen) atoms. The van der Waals surface area contributed by atoms with Crippen LogP contribution in [0.5, 0.6) is 0 Å². The summed E-state index contributed by atoms with van der Waals surface area (Å²) in [6.07, 6.45) is 8.43. The highest BCUT2D eigenvalue weighted by Crippen LogP contribution is 2.23. The van der Waals surface area contributed by atoms with E-state index in [9.17, 15) is 18.0 Å². The van der Waals surface area contributed by atoms with Crippen molar-refractivity contribution in [3.63, 3.8) is 0 Å². The molecule has 2 aromatic carbocycles. The number of allylic oxidation sites excluding steroid dienone is 1. The summed E-state index contributed by atoms with van der Waals surface area (Å²) in [5, 5.41) is 0. The van der Waals surface area contributed by atoms with Gasteiger partial charge in [0.05, 0.1) is 0 Å². The van der Waals surface area contributed by atoms with Crippen LogP contribution in [0.2, 0.25) is 0 Å². The van der Waals surface area contributed by atoms with Gasteiger partial charge in [0.2, 0.25) is 0 Å². The van der Waals surface area contributed by atoms with Crippen LogP contribution in [-0.2, 0) is 6.42 Å². The molecule has 2 aromatic rings. The molecule has 0 saturated carbocycles. The molecule has 180 valence electrons. The quantitative estimate of drug-likeness (QED) is 0.157. The zero-order valence-corrected chi connectivity index (χ0v) is 20.0. The standard InChI is InChI=1S/C29H37F3O/c1-23-17-19-27(24(2)22-23)28(33)20-18-26-16-12-11-15-25(26)14-10-8-6-4-3-5-7-9-13-21-29(30,31)32/h11-12,15-20,22H,3-10,13-14,21H2,1-2H3. The Kier molecular flexibility index (Phi) is 11.4. The lowest BCUT2D eigenvalue weighted by Crippen LogP contribution is -2.06. The molecule has 0 saturated heterocycles. The van der Waals surface area contributed by atoms with Crippen LogP contribution in [0, 0.1) is 13.8 Å². The molecule has 2 rings (SSSR count). The van der Waals surface area contributed by atoms with Crippen molar-refractivity contribution in [2.24, 2.45) is 0 Å². The predicted molar refractivity (Wildman–Crippen MR) is 132 cm³/mol. The maximum atomic E-state index is 12.6. The second kappa shape index (κ2) is 14.0. The summed E-state index contributed by atoms with van der Waals surface area (Å²) in [6.45, 7) is 3.99. The van der Waals surface area contributed by atoms with Gasteiger partial charge in [0.1, 0.15) is 0 Å². The molecular weight excluding hydrogens is 421 g/mol. The Morgan fingerprint density at radius 3 is 2.06 bits per heavy atom. The summed E-state index contributed by atoms with van der Waals surface area (Å²) in [6, 6.07) is 14.1. The summed E-state index contributed by atoms with van der Waals surface area (Å²) in [5.74, 6) is 0.0284. The Hall–Kier alpha value is -2.36. The largest absolute Gasteiger partial charge is 0.389 e. The van der Waals surface area contributed by atoms with Crippen molar-refractivity contribution < 1.29 is 18.0 Å². The number of halogens is 3. The molecule has 0 heterocycles. The number of rotatable bonds is 14. The third-order valence-corrected chi connectivity index (χ3v) is 6.02. The maximum absolute atomic E-state index is 12.6. The molecule has 0 bridgehead atoms. The average molecular weight is 459 g/mol. The van der Waals surface area contributed by atoms with Crippen molar-refractivity contribution in [1.82, 2.24) is 0 Å². The van der Waals surface area contributed by atoms with E-state index in [0.29, 0.717) is 6.42 Å². The van der Waals surface area contributed by atoms with E-state index in [1.165, 1.54) is 5.56 Å². The number of unbranched alkanes of at least 4 members (excludes halogenated alkanes) is 8. The average Bonchev–Trinajstić information content (AvgIpc) is 2.75. The first-order chi connectivity index (χ1) is 15.8. The first-order valence-corrected chi connectivity index (χ1v) is 12.2. The predicted octanol–water partition coefficient (Wildman–Crippen LogP) is 9.21. The molecule has 0 unspecified atom stereocenters. The minimum Gasteiger partial charge on any atom is -0.289 e. The Morgan fingerprint density at radius 2 is 1.42 bits per heavy atom. The van der Waals surface area contributed by atoms with E-state index in [-0.39, 0.29) is 12.2 Å². The molecule has 4 heteroatoms. The number of hydrogen-bond acceptors (Lipinski definition) is 1. The molecular formula is C29H37F3O.